The van der Waals surface area contributed by atoms with Crippen molar-refractivity contribution >= 4 is 5.91 Å². The Morgan fingerprint density at radius 2 is 2.00 bits per heavy atom. The van der Waals surface area contributed by atoms with Gasteiger partial charge in [-0.1, -0.05) is 6.42 Å². The van der Waals surface area contributed by atoms with Crippen LogP contribution in [0.15, 0.2) is 6.20 Å². The average Bonchev–Trinajstić information content (AvgIpc) is 3.16. The lowest BCUT2D eigenvalue weighted by atomic mass is 9.84. The van der Waals surface area contributed by atoms with Crippen LogP contribution in [0.5, 0.6) is 0 Å². The molecule has 1 aromatic rings. The van der Waals surface area contributed by atoms with Crippen molar-refractivity contribution in [1.29, 1.82) is 0 Å². The van der Waals surface area contributed by atoms with Crippen molar-refractivity contribution in [3.63, 3.8) is 0 Å². The van der Waals surface area contributed by atoms with Gasteiger partial charge in [-0.2, -0.15) is 0 Å². The third-order valence-corrected chi connectivity index (χ3v) is 5.90. The summed E-state index contributed by atoms with van der Waals surface area (Å²) in [7, 11) is 0. The standard InChI is InChI=1S/C18H27N3O2/c1-13-11-19-17(14-3-2-4-14)21(13)16-5-8-20(9-6-16)18(22)15-7-10-23-12-15/h11,14-16H,2-10,12H2,1H3. The largest absolute Gasteiger partial charge is 0.381 e. The number of hydrogen-bond donors (Lipinski definition) is 0. The summed E-state index contributed by atoms with van der Waals surface area (Å²) < 4.78 is 7.84. The summed E-state index contributed by atoms with van der Waals surface area (Å²) in [5, 5.41) is 0. The highest BCUT2D eigenvalue weighted by Crippen LogP contribution is 2.38. The molecule has 3 aliphatic rings. The number of likely N-dealkylation sites (tertiary alicyclic amines) is 1. The van der Waals surface area contributed by atoms with Gasteiger partial charge in [-0.3, -0.25) is 4.79 Å². The van der Waals surface area contributed by atoms with Gasteiger partial charge in [-0.15, -0.1) is 0 Å². The van der Waals surface area contributed by atoms with Gasteiger partial charge in [0.1, 0.15) is 5.82 Å². The van der Waals surface area contributed by atoms with Gasteiger partial charge in [-0.25, -0.2) is 4.98 Å². The molecule has 4 rings (SSSR count). The second-order valence-electron chi connectivity index (χ2n) is 7.37. The molecule has 5 heteroatoms. The number of carbonyl (C=O) groups is 1. The lowest BCUT2D eigenvalue weighted by molar-refractivity contribution is -0.136. The van der Waals surface area contributed by atoms with Crippen molar-refractivity contribution < 1.29 is 9.53 Å². The van der Waals surface area contributed by atoms with Gasteiger partial charge in [0.2, 0.25) is 5.91 Å². The fraction of sp³-hybridized carbons (Fsp3) is 0.778. The van der Waals surface area contributed by atoms with Crippen LogP contribution >= 0.6 is 0 Å². The van der Waals surface area contributed by atoms with Crippen LogP contribution in [0.3, 0.4) is 0 Å². The first-order chi connectivity index (χ1) is 11.2. The second-order valence-corrected chi connectivity index (χ2v) is 7.37. The Bertz CT molecular complexity index is 565. The highest BCUT2D eigenvalue weighted by Gasteiger charge is 2.33. The Hall–Kier alpha value is -1.36. The molecule has 1 unspecified atom stereocenters. The molecule has 0 radical (unpaired) electrons. The summed E-state index contributed by atoms with van der Waals surface area (Å²) in [5.74, 6) is 2.37. The van der Waals surface area contributed by atoms with Crippen LogP contribution in [-0.2, 0) is 9.53 Å². The van der Waals surface area contributed by atoms with Crippen LogP contribution in [0, 0.1) is 12.8 Å². The molecule has 1 atom stereocenters. The molecule has 23 heavy (non-hydrogen) atoms. The number of imidazole rings is 1. The Balaban J connectivity index is 1.41. The highest BCUT2D eigenvalue weighted by molar-refractivity contribution is 5.79. The molecule has 126 valence electrons. The summed E-state index contributed by atoms with van der Waals surface area (Å²) in [4.78, 5) is 19.3. The zero-order chi connectivity index (χ0) is 15.8. The first-order valence-corrected chi connectivity index (χ1v) is 9.14. The third-order valence-electron chi connectivity index (χ3n) is 5.90. The SMILES string of the molecule is Cc1cnc(C2CCC2)n1C1CCN(C(=O)C2CCOC2)CC1. The Labute approximate surface area is 138 Å². The van der Waals surface area contributed by atoms with Crippen LogP contribution in [0.4, 0.5) is 0 Å². The molecule has 3 heterocycles. The first-order valence-electron chi connectivity index (χ1n) is 9.14. The smallest absolute Gasteiger partial charge is 0.228 e. The van der Waals surface area contributed by atoms with Crippen molar-refractivity contribution in [2.75, 3.05) is 26.3 Å². The van der Waals surface area contributed by atoms with Gasteiger partial charge in [0.05, 0.1) is 12.5 Å². The van der Waals surface area contributed by atoms with E-state index in [1.165, 1.54) is 30.8 Å². The summed E-state index contributed by atoms with van der Waals surface area (Å²) >= 11 is 0. The summed E-state index contributed by atoms with van der Waals surface area (Å²) in [6.07, 6.45) is 8.94. The van der Waals surface area contributed by atoms with E-state index in [9.17, 15) is 4.79 Å². The lowest BCUT2D eigenvalue weighted by Gasteiger charge is -2.36. The van der Waals surface area contributed by atoms with E-state index < -0.39 is 0 Å². The minimum absolute atomic E-state index is 0.104. The van der Waals surface area contributed by atoms with Crippen LogP contribution in [0.2, 0.25) is 0 Å². The van der Waals surface area contributed by atoms with Crippen LogP contribution < -0.4 is 0 Å². The number of amides is 1. The monoisotopic (exact) mass is 317 g/mol. The van der Waals surface area contributed by atoms with Crippen molar-refractivity contribution in [2.45, 2.75) is 57.4 Å². The number of nitrogens with zero attached hydrogens (tertiary/aromatic N) is 3. The number of carbonyl (C=O) groups excluding carboxylic acids is 1. The molecule has 1 saturated carbocycles. The Kier molecular flexibility index (Phi) is 4.14. The van der Waals surface area contributed by atoms with Crippen LogP contribution in [0.1, 0.15) is 62.0 Å². The molecule has 2 aliphatic heterocycles. The number of rotatable bonds is 3. The highest BCUT2D eigenvalue weighted by atomic mass is 16.5. The molecular formula is C18H27N3O2. The lowest BCUT2D eigenvalue weighted by Crippen LogP contribution is -2.42. The minimum Gasteiger partial charge on any atom is -0.381 e. The predicted molar refractivity (Wildman–Crippen MR) is 87.3 cm³/mol. The van der Waals surface area contributed by atoms with Crippen molar-refractivity contribution in [2.24, 2.45) is 5.92 Å². The summed E-state index contributed by atoms with van der Waals surface area (Å²) in [6, 6.07) is 0.511. The minimum atomic E-state index is 0.104. The molecular weight excluding hydrogens is 290 g/mol. The van der Waals surface area contributed by atoms with E-state index in [0.717, 1.165) is 39.0 Å². The topological polar surface area (TPSA) is 47.4 Å². The van der Waals surface area contributed by atoms with Crippen molar-refractivity contribution in [3.05, 3.63) is 17.7 Å². The molecule has 1 amide bonds. The number of hydrogen-bond acceptors (Lipinski definition) is 3. The molecule has 1 aliphatic carbocycles. The van der Waals surface area contributed by atoms with Crippen LogP contribution in [-0.4, -0.2) is 46.7 Å². The quantitative estimate of drug-likeness (QED) is 0.861. The first kappa shape index (κ1) is 15.2. The molecule has 0 N–H and O–H groups in total. The Morgan fingerprint density at radius 3 is 2.61 bits per heavy atom. The van der Waals surface area contributed by atoms with Crippen molar-refractivity contribution in [3.8, 4) is 0 Å². The molecule has 2 saturated heterocycles. The van der Waals surface area contributed by atoms with E-state index in [2.05, 4.69) is 16.4 Å². The van der Waals surface area contributed by atoms with Crippen molar-refractivity contribution in [1.82, 2.24) is 14.5 Å². The number of aromatic nitrogens is 2. The van der Waals surface area contributed by atoms with E-state index in [4.69, 9.17) is 9.72 Å². The fourth-order valence-electron chi connectivity index (χ4n) is 4.24. The van der Waals surface area contributed by atoms with Gasteiger partial charge in [-0.05, 0) is 39.0 Å². The van der Waals surface area contributed by atoms with Gasteiger partial charge < -0.3 is 14.2 Å². The van der Waals surface area contributed by atoms with E-state index in [1.54, 1.807) is 0 Å². The fourth-order valence-corrected chi connectivity index (χ4v) is 4.24. The molecule has 0 spiro atoms. The molecule has 3 fully saturated rings. The zero-order valence-corrected chi connectivity index (χ0v) is 14.0. The summed E-state index contributed by atoms with van der Waals surface area (Å²) in [5.41, 5.74) is 1.28. The van der Waals surface area contributed by atoms with E-state index in [-0.39, 0.29) is 5.92 Å². The zero-order valence-electron chi connectivity index (χ0n) is 14.0. The number of aryl methyl sites for hydroxylation is 1. The maximum Gasteiger partial charge on any atom is 0.228 e. The van der Waals surface area contributed by atoms with Gasteiger partial charge >= 0.3 is 0 Å². The molecule has 0 aromatic carbocycles. The van der Waals surface area contributed by atoms with Gasteiger partial charge in [0.15, 0.2) is 0 Å². The van der Waals surface area contributed by atoms with Crippen LogP contribution in [0.25, 0.3) is 0 Å². The normalized spacial score (nSPS) is 26.5. The molecule has 0 bridgehead atoms. The molecule has 1 aromatic heterocycles. The average molecular weight is 317 g/mol. The van der Waals surface area contributed by atoms with Gasteiger partial charge in [0.25, 0.3) is 0 Å². The second kappa shape index (κ2) is 6.27. The maximum absolute atomic E-state index is 12.5. The van der Waals surface area contributed by atoms with E-state index >= 15 is 0 Å². The molecule has 5 nitrogen and oxygen atoms in total. The van der Waals surface area contributed by atoms with E-state index in [1.807, 2.05) is 6.20 Å². The van der Waals surface area contributed by atoms with E-state index in [0.29, 0.717) is 24.5 Å². The predicted octanol–water partition coefficient (Wildman–Crippen LogP) is 2.66. The Morgan fingerprint density at radius 1 is 1.22 bits per heavy atom. The third kappa shape index (κ3) is 2.80. The maximum atomic E-state index is 12.5. The number of piperidine rings is 1. The number of ether oxygens (including phenoxy) is 1. The van der Waals surface area contributed by atoms with Gasteiger partial charge in [0, 0.05) is 43.5 Å². The summed E-state index contributed by atoms with van der Waals surface area (Å²) in [6.45, 7) is 5.28.